The van der Waals surface area contributed by atoms with E-state index in [1.165, 1.54) is 6.07 Å². The minimum Gasteiger partial charge on any atom is -0.324 e. The maximum atomic E-state index is 13.7. The Kier molecular flexibility index (Phi) is 4.49. The summed E-state index contributed by atoms with van der Waals surface area (Å²) < 4.78 is 26.9. The summed E-state index contributed by atoms with van der Waals surface area (Å²) in [4.78, 5) is 0. The summed E-state index contributed by atoms with van der Waals surface area (Å²) in [5.74, 6) is -0.712. The average molecular weight is 255 g/mol. The van der Waals surface area contributed by atoms with Crippen LogP contribution in [-0.4, -0.2) is 0 Å². The number of hydrogen-bond donors (Lipinski definition) is 1. The Morgan fingerprint density at radius 2 is 1.72 bits per heavy atom. The van der Waals surface area contributed by atoms with E-state index in [1.54, 1.807) is 6.92 Å². The first-order valence-electron chi connectivity index (χ1n) is 6.34. The molecule has 2 atom stereocenters. The second-order valence-corrected chi connectivity index (χ2v) is 6.23. The van der Waals surface area contributed by atoms with Crippen LogP contribution in [0, 0.1) is 29.9 Å². The van der Waals surface area contributed by atoms with Gasteiger partial charge in [0.15, 0.2) is 0 Å². The van der Waals surface area contributed by atoms with Crippen LogP contribution in [0.5, 0.6) is 0 Å². The summed E-state index contributed by atoms with van der Waals surface area (Å²) in [6.07, 6.45) is 0.686. The normalized spacial score (nSPS) is 15.6. The van der Waals surface area contributed by atoms with Gasteiger partial charge in [-0.05, 0) is 36.3 Å². The number of hydrogen-bond acceptors (Lipinski definition) is 1. The van der Waals surface area contributed by atoms with Gasteiger partial charge in [0.25, 0.3) is 0 Å². The van der Waals surface area contributed by atoms with Gasteiger partial charge >= 0.3 is 0 Å². The fourth-order valence-corrected chi connectivity index (χ4v) is 1.83. The molecule has 0 radical (unpaired) electrons. The predicted octanol–water partition coefficient (Wildman–Crippen LogP) is 4.35. The molecule has 0 heterocycles. The molecule has 1 aromatic carbocycles. The van der Waals surface area contributed by atoms with Crippen LogP contribution in [0.3, 0.4) is 0 Å². The van der Waals surface area contributed by atoms with Gasteiger partial charge in [-0.2, -0.15) is 0 Å². The van der Waals surface area contributed by atoms with Crippen LogP contribution < -0.4 is 5.73 Å². The minimum atomic E-state index is -0.549. The van der Waals surface area contributed by atoms with E-state index in [0.29, 0.717) is 23.5 Å². The van der Waals surface area contributed by atoms with E-state index in [2.05, 4.69) is 27.7 Å². The average Bonchev–Trinajstić information content (AvgIpc) is 2.21. The molecule has 3 heteroatoms. The molecule has 18 heavy (non-hydrogen) atoms. The SMILES string of the molecule is Cc1cc(C(N)CC(C)C(C)(C)C)c(F)cc1F. The quantitative estimate of drug-likeness (QED) is 0.854. The van der Waals surface area contributed by atoms with Gasteiger partial charge < -0.3 is 5.73 Å². The second kappa shape index (κ2) is 5.35. The van der Waals surface area contributed by atoms with Crippen molar-refractivity contribution < 1.29 is 8.78 Å². The van der Waals surface area contributed by atoms with Gasteiger partial charge in [-0.15, -0.1) is 0 Å². The molecule has 0 aliphatic carbocycles. The molecular formula is C15H23F2N. The summed E-state index contributed by atoms with van der Waals surface area (Å²) >= 11 is 0. The maximum absolute atomic E-state index is 13.7. The number of halogens is 2. The van der Waals surface area contributed by atoms with Gasteiger partial charge in [-0.25, -0.2) is 8.78 Å². The van der Waals surface area contributed by atoms with Gasteiger partial charge in [-0.1, -0.05) is 27.7 Å². The number of benzene rings is 1. The van der Waals surface area contributed by atoms with Crippen molar-refractivity contribution in [3.05, 3.63) is 34.9 Å². The van der Waals surface area contributed by atoms with E-state index < -0.39 is 17.7 Å². The van der Waals surface area contributed by atoms with E-state index in [1.807, 2.05) is 0 Å². The number of rotatable bonds is 3. The van der Waals surface area contributed by atoms with Crippen molar-refractivity contribution in [2.45, 2.75) is 47.1 Å². The first-order valence-corrected chi connectivity index (χ1v) is 6.34. The molecule has 0 spiro atoms. The summed E-state index contributed by atoms with van der Waals surface area (Å²) in [6, 6.07) is 2.05. The number of aryl methyl sites for hydroxylation is 1. The standard InChI is InChI=1S/C15H23F2N/c1-9-6-11(13(17)8-12(9)16)14(18)7-10(2)15(3,4)5/h6,8,10,14H,7,18H2,1-5H3. The number of nitrogens with two attached hydrogens (primary N) is 1. The minimum absolute atomic E-state index is 0.128. The molecule has 2 N–H and O–H groups in total. The Morgan fingerprint density at radius 3 is 2.22 bits per heavy atom. The highest BCUT2D eigenvalue weighted by Crippen LogP contribution is 2.33. The highest BCUT2D eigenvalue weighted by molar-refractivity contribution is 5.28. The highest BCUT2D eigenvalue weighted by atomic mass is 19.1. The lowest BCUT2D eigenvalue weighted by Crippen LogP contribution is -2.24. The van der Waals surface area contributed by atoms with Crippen molar-refractivity contribution in [2.24, 2.45) is 17.1 Å². The van der Waals surface area contributed by atoms with Crippen molar-refractivity contribution in [3.63, 3.8) is 0 Å². The maximum Gasteiger partial charge on any atom is 0.130 e. The molecule has 0 saturated heterocycles. The first kappa shape index (κ1) is 15.1. The Morgan fingerprint density at radius 1 is 1.17 bits per heavy atom. The van der Waals surface area contributed by atoms with E-state index in [0.717, 1.165) is 6.07 Å². The van der Waals surface area contributed by atoms with Gasteiger partial charge in [0.05, 0.1) is 0 Å². The Bertz CT molecular complexity index is 421. The molecule has 0 aliphatic heterocycles. The zero-order chi connectivity index (χ0) is 14.1. The summed E-state index contributed by atoms with van der Waals surface area (Å²) in [5, 5.41) is 0. The fourth-order valence-electron chi connectivity index (χ4n) is 1.83. The molecule has 0 aromatic heterocycles. The van der Waals surface area contributed by atoms with Gasteiger partial charge in [0.2, 0.25) is 0 Å². The van der Waals surface area contributed by atoms with Gasteiger partial charge in [0.1, 0.15) is 11.6 Å². The molecule has 2 unspecified atom stereocenters. The Balaban J connectivity index is 2.91. The van der Waals surface area contributed by atoms with E-state index >= 15 is 0 Å². The second-order valence-electron chi connectivity index (χ2n) is 6.23. The Labute approximate surface area is 108 Å². The topological polar surface area (TPSA) is 26.0 Å². The van der Waals surface area contributed by atoms with E-state index in [-0.39, 0.29) is 5.41 Å². The van der Waals surface area contributed by atoms with Crippen molar-refractivity contribution in [1.29, 1.82) is 0 Å². The molecule has 0 saturated carbocycles. The summed E-state index contributed by atoms with van der Waals surface area (Å²) in [7, 11) is 0. The fraction of sp³-hybridized carbons (Fsp3) is 0.600. The van der Waals surface area contributed by atoms with E-state index in [4.69, 9.17) is 5.73 Å². The lowest BCUT2D eigenvalue weighted by atomic mass is 9.77. The zero-order valence-corrected chi connectivity index (χ0v) is 11.8. The van der Waals surface area contributed by atoms with Crippen molar-refractivity contribution in [2.75, 3.05) is 0 Å². The largest absolute Gasteiger partial charge is 0.324 e. The van der Waals surface area contributed by atoms with E-state index in [9.17, 15) is 8.78 Å². The van der Waals surface area contributed by atoms with Crippen LogP contribution in [0.4, 0.5) is 8.78 Å². The molecule has 0 fully saturated rings. The molecule has 1 aromatic rings. The third kappa shape index (κ3) is 3.52. The molecule has 1 nitrogen and oxygen atoms in total. The highest BCUT2D eigenvalue weighted by Gasteiger charge is 2.24. The van der Waals surface area contributed by atoms with Crippen LogP contribution in [-0.2, 0) is 0 Å². The molecular weight excluding hydrogens is 232 g/mol. The smallest absolute Gasteiger partial charge is 0.130 e. The van der Waals surface area contributed by atoms with Crippen LogP contribution in [0.25, 0.3) is 0 Å². The van der Waals surface area contributed by atoms with Gasteiger partial charge in [0, 0.05) is 17.7 Å². The Hall–Kier alpha value is -0.960. The zero-order valence-electron chi connectivity index (χ0n) is 11.8. The monoisotopic (exact) mass is 255 g/mol. The lowest BCUT2D eigenvalue weighted by molar-refractivity contribution is 0.232. The van der Waals surface area contributed by atoms with Crippen LogP contribution in [0.1, 0.15) is 51.3 Å². The van der Waals surface area contributed by atoms with Gasteiger partial charge in [-0.3, -0.25) is 0 Å². The molecule has 1 rings (SSSR count). The summed E-state index contributed by atoms with van der Waals surface area (Å²) in [6.45, 7) is 10.1. The molecule has 0 bridgehead atoms. The third-order valence-electron chi connectivity index (χ3n) is 3.76. The summed E-state index contributed by atoms with van der Waals surface area (Å²) in [5.41, 5.74) is 7.02. The van der Waals surface area contributed by atoms with Crippen LogP contribution >= 0.6 is 0 Å². The first-order chi connectivity index (χ1) is 8.12. The van der Waals surface area contributed by atoms with Crippen molar-refractivity contribution in [1.82, 2.24) is 0 Å². The van der Waals surface area contributed by atoms with Crippen molar-refractivity contribution >= 4 is 0 Å². The molecule has 102 valence electrons. The van der Waals surface area contributed by atoms with Crippen molar-refractivity contribution in [3.8, 4) is 0 Å². The van der Waals surface area contributed by atoms with Crippen LogP contribution in [0.2, 0.25) is 0 Å². The van der Waals surface area contributed by atoms with Crippen LogP contribution in [0.15, 0.2) is 12.1 Å². The molecule has 0 amide bonds. The lowest BCUT2D eigenvalue weighted by Gasteiger charge is -2.29. The predicted molar refractivity (Wildman–Crippen MR) is 71.3 cm³/mol. The molecule has 0 aliphatic rings. The third-order valence-corrected chi connectivity index (χ3v) is 3.76.